The molecule has 2 atom stereocenters. The van der Waals surface area contributed by atoms with Crippen LogP contribution < -0.4 is 5.32 Å². The number of fused-ring (bicyclic) bond motifs is 2. The van der Waals surface area contributed by atoms with E-state index in [9.17, 15) is 4.79 Å². The number of thiazole rings is 1. The number of anilines is 1. The molecule has 0 aromatic carbocycles. The average molecular weight is 291 g/mol. The number of nitrogens with zero attached hydrogens (tertiary/aromatic N) is 2. The summed E-state index contributed by atoms with van der Waals surface area (Å²) in [5.41, 5.74) is 1.22. The highest BCUT2D eigenvalue weighted by Gasteiger charge is 2.39. The summed E-state index contributed by atoms with van der Waals surface area (Å²) in [6.45, 7) is 2.77. The summed E-state index contributed by atoms with van der Waals surface area (Å²) in [4.78, 5) is 20.4. The van der Waals surface area contributed by atoms with E-state index in [2.05, 4.69) is 15.2 Å². The summed E-state index contributed by atoms with van der Waals surface area (Å²) in [5.74, 6) is 1.85. The normalized spacial score (nSPS) is 28.6. The number of hydrogen-bond donors (Lipinski definition) is 1. The first kappa shape index (κ1) is 12.8. The van der Waals surface area contributed by atoms with Gasteiger partial charge in [0.1, 0.15) is 0 Å². The maximum absolute atomic E-state index is 12.1. The van der Waals surface area contributed by atoms with Gasteiger partial charge >= 0.3 is 0 Å². The van der Waals surface area contributed by atoms with Gasteiger partial charge in [0.2, 0.25) is 5.91 Å². The fourth-order valence-electron chi connectivity index (χ4n) is 3.75. The SMILES string of the molecule is O=C(CN1C[C@H]2CC[C@H]2C1)Nc1nc2c(s1)CCCC2. The number of nitrogens with one attached hydrogen (secondary N) is 1. The first-order valence-electron chi connectivity index (χ1n) is 7.79. The van der Waals surface area contributed by atoms with Crippen molar-refractivity contribution < 1.29 is 4.79 Å². The lowest BCUT2D eigenvalue weighted by Gasteiger charge is -2.28. The number of aryl methyl sites for hydroxylation is 2. The van der Waals surface area contributed by atoms with Crippen LogP contribution in [0.1, 0.15) is 36.3 Å². The average Bonchev–Trinajstić information content (AvgIpc) is 2.92. The number of carbonyl (C=O) groups excluding carboxylic acids is 1. The van der Waals surface area contributed by atoms with E-state index in [0.29, 0.717) is 6.54 Å². The minimum absolute atomic E-state index is 0.109. The molecule has 1 aliphatic heterocycles. The van der Waals surface area contributed by atoms with Crippen molar-refractivity contribution in [3.63, 3.8) is 0 Å². The summed E-state index contributed by atoms with van der Waals surface area (Å²) >= 11 is 1.67. The highest BCUT2D eigenvalue weighted by atomic mass is 32.1. The van der Waals surface area contributed by atoms with E-state index < -0.39 is 0 Å². The zero-order valence-electron chi connectivity index (χ0n) is 11.7. The molecule has 2 aliphatic carbocycles. The smallest absolute Gasteiger partial charge is 0.240 e. The van der Waals surface area contributed by atoms with Crippen LogP contribution in [0.5, 0.6) is 0 Å². The van der Waals surface area contributed by atoms with Crippen LogP contribution in [0.2, 0.25) is 0 Å². The molecule has 2 heterocycles. The fourth-order valence-corrected chi connectivity index (χ4v) is 4.82. The third kappa shape index (κ3) is 2.37. The van der Waals surface area contributed by atoms with Gasteiger partial charge in [-0.25, -0.2) is 4.98 Å². The standard InChI is InChI=1S/C15H21N3OS/c19-14(9-18-7-10-5-6-11(10)8-18)17-15-16-12-3-1-2-4-13(12)20-15/h10-11H,1-9H2,(H,16,17,19)/t10-,11+. The number of likely N-dealkylation sites (tertiary alicyclic amines) is 1. The molecule has 108 valence electrons. The molecule has 4 rings (SSSR count). The third-order valence-electron chi connectivity index (χ3n) is 5.02. The van der Waals surface area contributed by atoms with Gasteiger partial charge in [0.05, 0.1) is 12.2 Å². The predicted molar refractivity (Wildman–Crippen MR) is 80.0 cm³/mol. The number of amides is 1. The lowest BCUT2D eigenvalue weighted by atomic mass is 9.77. The highest BCUT2D eigenvalue weighted by molar-refractivity contribution is 7.15. The van der Waals surface area contributed by atoms with Crippen molar-refractivity contribution in [2.45, 2.75) is 38.5 Å². The Labute approximate surface area is 123 Å². The first-order valence-corrected chi connectivity index (χ1v) is 8.60. The second kappa shape index (κ2) is 5.11. The maximum Gasteiger partial charge on any atom is 0.240 e. The molecule has 1 saturated carbocycles. The molecule has 1 aromatic heterocycles. The largest absolute Gasteiger partial charge is 0.301 e. The molecule has 1 aromatic rings. The lowest BCUT2D eigenvalue weighted by molar-refractivity contribution is -0.117. The molecular weight excluding hydrogens is 270 g/mol. The molecule has 4 nitrogen and oxygen atoms in total. The van der Waals surface area contributed by atoms with Gasteiger partial charge in [0.25, 0.3) is 0 Å². The van der Waals surface area contributed by atoms with Gasteiger partial charge in [-0.2, -0.15) is 0 Å². The molecule has 5 heteroatoms. The van der Waals surface area contributed by atoms with E-state index >= 15 is 0 Å². The minimum Gasteiger partial charge on any atom is -0.301 e. The van der Waals surface area contributed by atoms with Gasteiger partial charge in [-0.3, -0.25) is 9.69 Å². The van der Waals surface area contributed by atoms with Crippen LogP contribution >= 0.6 is 11.3 Å². The van der Waals surface area contributed by atoms with Crippen molar-refractivity contribution >= 4 is 22.4 Å². The van der Waals surface area contributed by atoms with E-state index in [4.69, 9.17) is 0 Å². The molecular formula is C15H21N3OS. The van der Waals surface area contributed by atoms with Crippen LogP contribution in [0.4, 0.5) is 5.13 Å². The van der Waals surface area contributed by atoms with Crippen molar-refractivity contribution in [3.8, 4) is 0 Å². The van der Waals surface area contributed by atoms with Crippen LogP contribution in [0, 0.1) is 11.8 Å². The summed E-state index contributed by atoms with van der Waals surface area (Å²) < 4.78 is 0. The summed E-state index contributed by atoms with van der Waals surface area (Å²) in [7, 11) is 0. The van der Waals surface area contributed by atoms with Crippen LogP contribution in [-0.2, 0) is 17.6 Å². The molecule has 1 amide bonds. The van der Waals surface area contributed by atoms with Gasteiger partial charge in [0, 0.05) is 18.0 Å². The van der Waals surface area contributed by atoms with Crippen molar-refractivity contribution in [1.82, 2.24) is 9.88 Å². The fraction of sp³-hybridized carbons (Fsp3) is 0.733. The Hall–Kier alpha value is -0.940. The number of aromatic nitrogens is 1. The highest BCUT2D eigenvalue weighted by Crippen LogP contribution is 2.40. The van der Waals surface area contributed by atoms with Gasteiger partial charge < -0.3 is 5.32 Å². The molecule has 0 radical (unpaired) electrons. The molecule has 0 unspecified atom stereocenters. The Balaban J connectivity index is 1.34. The summed E-state index contributed by atoms with van der Waals surface area (Å²) in [6, 6.07) is 0. The number of carbonyl (C=O) groups is 1. The van der Waals surface area contributed by atoms with Crippen molar-refractivity contribution in [2.24, 2.45) is 11.8 Å². The Kier molecular flexibility index (Phi) is 3.27. The van der Waals surface area contributed by atoms with Crippen molar-refractivity contribution in [2.75, 3.05) is 25.0 Å². The number of hydrogen-bond acceptors (Lipinski definition) is 4. The quantitative estimate of drug-likeness (QED) is 0.929. The van der Waals surface area contributed by atoms with E-state index in [1.807, 2.05) is 0 Å². The van der Waals surface area contributed by atoms with E-state index in [1.54, 1.807) is 11.3 Å². The Morgan fingerprint density at radius 3 is 2.70 bits per heavy atom. The van der Waals surface area contributed by atoms with Crippen LogP contribution in [0.25, 0.3) is 0 Å². The van der Waals surface area contributed by atoms with E-state index in [0.717, 1.165) is 42.9 Å². The van der Waals surface area contributed by atoms with Crippen LogP contribution in [0.15, 0.2) is 0 Å². The molecule has 0 bridgehead atoms. The van der Waals surface area contributed by atoms with Gasteiger partial charge in [0.15, 0.2) is 5.13 Å². The topological polar surface area (TPSA) is 45.2 Å². The summed E-state index contributed by atoms with van der Waals surface area (Å²) in [5, 5.41) is 3.81. The molecule has 1 N–H and O–H groups in total. The Morgan fingerprint density at radius 1 is 1.25 bits per heavy atom. The Morgan fingerprint density at radius 2 is 2.00 bits per heavy atom. The third-order valence-corrected chi connectivity index (χ3v) is 6.09. The first-order chi connectivity index (χ1) is 9.78. The van der Waals surface area contributed by atoms with E-state index in [1.165, 1.54) is 36.3 Å². The van der Waals surface area contributed by atoms with Crippen molar-refractivity contribution in [3.05, 3.63) is 10.6 Å². The molecule has 20 heavy (non-hydrogen) atoms. The van der Waals surface area contributed by atoms with Crippen LogP contribution in [-0.4, -0.2) is 35.4 Å². The minimum atomic E-state index is 0.109. The second-order valence-corrected chi connectivity index (χ2v) is 7.52. The molecule has 2 fully saturated rings. The van der Waals surface area contributed by atoms with Crippen LogP contribution in [0.3, 0.4) is 0 Å². The van der Waals surface area contributed by atoms with E-state index in [-0.39, 0.29) is 5.91 Å². The monoisotopic (exact) mass is 291 g/mol. The van der Waals surface area contributed by atoms with Gasteiger partial charge in [-0.15, -0.1) is 11.3 Å². The van der Waals surface area contributed by atoms with Crippen molar-refractivity contribution in [1.29, 1.82) is 0 Å². The summed E-state index contributed by atoms with van der Waals surface area (Å²) in [6.07, 6.45) is 7.44. The zero-order chi connectivity index (χ0) is 13.5. The molecule has 1 saturated heterocycles. The predicted octanol–water partition coefficient (Wildman–Crippen LogP) is 2.30. The maximum atomic E-state index is 12.1. The van der Waals surface area contributed by atoms with Gasteiger partial charge in [-0.05, 0) is 50.4 Å². The number of rotatable bonds is 3. The second-order valence-electron chi connectivity index (χ2n) is 6.44. The molecule has 0 spiro atoms. The Bertz CT molecular complexity index is 492. The van der Waals surface area contributed by atoms with Gasteiger partial charge in [-0.1, -0.05) is 0 Å². The zero-order valence-corrected chi connectivity index (χ0v) is 12.5. The molecule has 3 aliphatic rings. The lowest BCUT2D eigenvalue weighted by Crippen LogP contribution is -2.31.